The van der Waals surface area contributed by atoms with Gasteiger partial charge in [0.05, 0.1) is 36.0 Å². The predicted octanol–water partition coefficient (Wildman–Crippen LogP) is 2.95. The van der Waals surface area contributed by atoms with Gasteiger partial charge in [0.15, 0.2) is 11.5 Å². The maximum Gasteiger partial charge on any atom is 0.174 e. The topological polar surface area (TPSA) is 46.1 Å². The number of nitrogens with one attached hydrogen (secondary N) is 1. The summed E-state index contributed by atoms with van der Waals surface area (Å²) < 4.78 is 12.2. The molecule has 1 aromatic carbocycles. The Morgan fingerprint density at radius 3 is 2.83 bits per heavy atom. The minimum Gasteiger partial charge on any atom is -0.492 e. The first-order valence-electron chi connectivity index (χ1n) is 8.30. The minimum atomic E-state index is 0.189. The number of hydrazone groups is 1. The van der Waals surface area contributed by atoms with Crippen LogP contribution in [0.2, 0.25) is 0 Å². The molecule has 4 heterocycles. The highest BCUT2D eigenvalue weighted by atomic mass is 79.9. The molecule has 2 unspecified atom stereocenters. The first kappa shape index (κ1) is 15.3. The van der Waals surface area contributed by atoms with Crippen molar-refractivity contribution in [2.45, 2.75) is 31.8 Å². The molecule has 6 heteroatoms. The molecule has 0 aliphatic carbocycles. The average molecular weight is 380 g/mol. The van der Waals surface area contributed by atoms with Crippen molar-refractivity contribution in [1.29, 1.82) is 0 Å². The summed E-state index contributed by atoms with van der Waals surface area (Å²) in [5, 5.41) is 4.68. The van der Waals surface area contributed by atoms with Gasteiger partial charge < -0.3 is 14.9 Å². The van der Waals surface area contributed by atoms with Crippen molar-refractivity contribution in [2.24, 2.45) is 11.0 Å². The molecule has 4 aliphatic heterocycles. The molecule has 1 N–H and O–H groups in total. The zero-order chi connectivity index (χ0) is 16.0. The van der Waals surface area contributed by atoms with Gasteiger partial charge in [0.25, 0.3) is 0 Å². The van der Waals surface area contributed by atoms with Crippen molar-refractivity contribution in [3.05, 3.63) is 22.2 Å². The van der Waals surface area contributed by atoms with Crippen molar-refractivity contribution in [3.8, 4) is 11.5 Å². The molecule has 4 aliphatic rings. The van der Waals surface area contributed by atoms with E-state index in [4.69, 9.17) is 9.47 Å². The van der Waals surface area contributed by atoms with E-state index in [1.807, 2.05) is 6.92 Å². The fraction of sp³-hybridized carbons (Fsp3) is 0.588. The fourth-order valence-corrected chi connectivity index (χ4v) is 4.76. The van der Waals surface area contributed by atoms with Crippen LogP contribution in [0, 0.1) is 5.92 Å². The number of methoxy groups -OCH3 is 1. The lowest BCUT2D eigenvalue weighted by Gasteiger charge is -2.45. The van der Waals surface area contributed by atoms with Crippen LogP contribution in [-0.2, 0) is 0 Å². The van der Waals surface area contributed by atoms with Crippen molar-refractivity contribution in [2.75, 3.05) is 26.8 Å². The average Bonchev–Trinajstić information content (AvgIpc) is 3.03. The van der Waals surface area contributed by atoms with Crippen molar-refractivity contribution in [1.82, 2.24) is 10.3 Å². The molecular formula is C17H22BrN3O2. The van der Waals surface area contributed by atoms with Gasteiger partial charge in [-0.25, -0.2) is 0 Å². The van der Waals surface area contributed by atoms with Crippen LogP contribution in [0.15, 0.2) is 21.7 Å². The van der Waals surface area contributed by atoms with Crippen LogP contribution in [0.1, 0.15) is 31.4 Å². The van der Waals surface area contributed by atoms with E-state index in [1.165, 1.54) is 37.2 Å². The zero-order valence-corrected chi connectivity index (χ0v) is 15.1. The van der Waals surface area contributed by atoms with Gasteiger partial charge in [-0.15, -0.1) is 0 Å². The molecule has 124 valence electrons. The summed E-state index contributed by atoms with van der Waals surface area (Å²) in [5.74, 6) is 2.20. The van der Waals surface area contributed by atoms with Gasteiger partial charge in [-0.05, 0) is 66.5 Å². The molecular weight excluding hydrogens is 358 g/mol. The number of rotatable bonds is 4. The third kappa shape index (κ3) is 2.43. The van der Waals surface area contributed by atoms with Gasteiger partial charge in [0, 0.05) is 5.92 Å². The predicted molar refractivity (Wildman–Crippen MR) is 93.3 cm³/mol. The number of piperidine rings is 3. The van der Waals surface area contributed by atoms with Gasteiger partial charge >= 0.3 is 0 Å². The molecule has 0 spiro atoms. The van der Waals surface area contributed by atoms with Crippen LogP contribution in [-0.4, -0.2) is 43.5 Å². The highest BCUT2D eigenvalue weighted by Crippen LogP contribution is 2.43. The van der Waals surface area contributed by atoms with Crippen LogP contribution < -0.4 is 14.9 Å². The summed E-state index contributed by atoms with van der Waals surface area (Å²) in [6.45, 7) is 4.97. The molecule has 0 radical (unpaired) electrons. The van der Waals surface area contributed by atoms with E-state index in [2.05, 4.69) is 43.5 Å². The Bertz CT molecular complexity index is 641. The number of fused-ring (bicyclic) bond motifs is 2. The molecule has 3 fully saturated rings. The summed E-state index contributed by atoms with van der Waals surface area (Å²) in [5.41, 5.74) is 5.92. The Hall–Kier alpha value is -1.27. The Labute approximate surface area is 145 Å². The molecule has 5 rings (SSSR count). The normalized spacial score (nSPS) is 31.3. The van der Waals surface area contributed by atoms with E-state index in [-0.39, 0.29) is 6.04 Å². The lowest BCUT2D eigenvalue weighted by Crippen LogP contribution is -2.56. The highest BCUT2D eigenvalue weighted by Gasteiger charge is 2.46. The molecule has 2 atom stereocenters. The van der Waals surface area contributed by atoms with Crippen LogP contribution in [0.25, 0.3) is 0 Å². The van der Waals surface area contributed by atoms with E-state index in [0.717, 1.165) is 16.0 Å². The summed E-state index contributed by atoms with van der Waals surface area (Å²) >= 11 is 3.62. The van der Waals surface area contributed by atoms with E-state index < -0.39 is 0 Å². The fourth-order valence-electron chi connectivity index (χ4n) is 4.14. The molecule has 2 bridgehead atoms. The molecule has 23 heavy (non-hydrogen) atoms. The van der Waals surface area contributed by atoms with Crippen LogP contribution in [0.4, 0.5) is 0 Å². The molecule has 1 aromatic rings. The second-order valence-corrected chi connectivity index (χ2v) is 7.22. The largest absolute Gasteiger partial charge is 0.492 e. The van der Waals surface area contributed by atoms with Crippen LogP contribution >= 0.6 is 15.9 Å². The highest BCUT2D eigenvalue weighted by molar-refractivity contribution is 9.10. The molecule has 3 saturated heterocycles. The van der Waals surface area contributed by atoms with Crippen LogP contribution in [0.3, 0.4) is 0 Å². The van der Waals surface area contributed by atoms with Gasteiger partial charge in [0.1, 0.15) is 0 Å². The van der Waals surface area contributed by atoms with Crippen molar-refractivity contribution >= 4 is 21.6 Å². The number of hydrogen-bond donors (Lipinski definition) is 1. The van der Waals surface area contributed by atoms with E-state index in [9.17, 15) is 0 Å². The van der Waals surface area contributed by atoms with Gasteiger partial charge in [-0.3, -0.25) is 4.90 Å². The summed E-state index contributed by atoms with van der Waals surface area (Å²) in [4.78, 5) is 2.57. The molecule has 0 aromatic heterocycles. The standard InChI is InChI=1S/C17H22BrN3O2/c1-3-23-13-9-11(8-12(18)17(13)22-2)15-16-14(19-20-15)10-4-6-21(16)7-5-10/h8-10,15-16,20H,3-7H2,1-2H3. The van der Waals surface area contributed by atoms with Gasteiger partial charge in [-0.1, -0.05) is 0 Å². The Morgan fingerprint density at radius 2 is 2.13 bits per heavy atom. The maximum atomic E-state index is 5.77. The summed E-state index contributed by atoms with van der Waals surface area (Å²) in [6, 6.07) is 4.79. The van der Waals surface area contributed by atoms with E-state index in [1.54, 1.807) is 7.11 Å². The number of hydrogen-bond acceptors (Lipinski definition) is 5. The Morgan fingerprint density at radius 1 is 1.35 bits per heavy atom. The van der Waals surface area contributed by atoms with Crippen LogP contribution in [0.5, 0.6) is 11.5 Å². The second-order valence-electron chi connectivity index (χ2n) is 6.37. The van der Waals surface area contributed by atoms with Crippen molar-refractivity contribution < 1.29 is 9.47 Å². The number of halogens is 1. The maximum absolute atomic E-state index is 5.77. The Kier molecular flexibility index (Phi) is 3.97. The lowest BCUT2D eigenvalue weighted by atomic mass is 9.78. The smallest absolute Gasteiger partial charge is 0.174 e. The van der Waals surface area contributed by atoms with Gasteiger partial charge in [-0.2, -0.15) is 5.10 Å². The lowest BCUT2D eigenvalue weighted by molar-refractivity contribution is 0.133. The number of ether oxygens (including phenoxy) is 2. The summed E-state index contributed by atoms with van der Waals surface area (Å²) in [6.07, 6.45) is 2.50. The number of benzene rings is 1. The summed E-state index contributed by atoms with van der Waals surface area (Å²) in [7, 11) is 1.67. The zero-order valence-electron chi connectivity index (χ0n) is 13.5. The molecule has 0 saturated carbocycles. The third-order valence-electron chi connectivity index (χ3n) is 5.19. The van der Waals surface area contributed by atoms with E-state index in [0.29, 0.717) is 18.6 Å². The minimum absolute atomic E-state index is 0.189. The quantitative estimate of drug-likeness (QED) is 0.873. The van der Waals surface area contributed by atoms with E-state index >= 15 is 0 Å². The Balaban J connectivity index is 1.69. The molecule has 0 amide bonds. The van der Waals surface area contributed by atoms with Gasteiger partial charge in [0.2, 0.25) is 0 Å². The first-order chi connectivity index (χ1) is 11.2. The first-order valence-corrected chi connectivity index (χ1v) is 9.09. The molecule has 5 nitrogen and oxygen atoms in total. The second kappa shape index (κ2) is 5.98. The SMILES string of the molecule is CCOc1cc(C2NN=C3C4CCN(CC4)C32)cc(Br)c1OC. The monoisotopic (exact) mass is 379 g/mol. The van der Waals surface area contributed by atoms with Crippen molar-refractivity contribution in [3.63, 3.8) is 0 Å². The third-order valence-corrected chi connectivity index (χ3v) is 5.78. The number of nitrogens with zero attached hydrogens (tertiary/aromatic N) is 2.